The second-order valence-corrected chi connectivity index (χ2v) is 5.77. The summed E-state index contributed by atoms with van der Waals surface area (Å²) in [6, 6.07) is 13.1. The molecule has 4 heteroatoms. The lowest BCUT2D eigenvalue weighted by atomic mass is 10.1. The normalized spacial score (nSPS) is 10.5. The number of halogens is 2. The first-order valence-corrected chi connectivity index (χ1v) is 7.55. The third-order valence-electron chi connectivity index (χ3n) is 3.40. The lowest BCUT2D eigenvalue weighted by molar-refractivity contribution is 0.100. The molecule has 2 nitrogen and oxygen atoms in total. The molecule has 0 amide bonds. The number of likely N-dealkylation sites (N-methyl/N-ethyl adjacent to an activating group) is 1. The highest BCUT2D eigenvalue weighted by atomic mass is 35.5. The zero-order valence-electron chi connectivity index (χ0n) is 12.1. The van der Waals surface area contributed by atoms with Crippen molar-refractivity contribution in [1.82, 2.24) is 0 Å². The number of hydrogen-bond acceptors (Lipinski definition) is 2. The fraction of sp³-hybridized carbons (Fsp3) is 0.235. The molecule has 0 aromatic heterocycles. The predicted octanol–water partition coefficient (Wildman–Crippen LogP) is 4.87. The molecular weight excluding hydrogens is 305 g/mol. The Morgan fingerprint density at radius 1 is 1.10 bits per heavy atom. The molecule has 2 aromatic rings. The van der Waals surface area contributed by atoms with Crippen LogP contribution in [0.25, 0.3) is 0 Å². The molecule has 0 heterocycles. The zero-order valence-corrected chi connectivity index (χ0v) is 13.6. The van der Waals surface area contributed by atoms with Gasteiger partial charge in [-0.25, -0.2) is 0 Å². The van der Waals surface area contributed by atoms with Gasteiger partial charge >= 0.3 is 0 Å². The van der Waals surface area contributed by atoms with Gasteiger partial charge in [-0.2, -0.15) is 0 Å². The Bertz CT molecular complexity index is 638. The van der Waals surface area contributed by atoms with Crippen LogP contribution in [0, 0.1) is 0 Å². The van der Waals surface area contributed by atoms with Gasteiger partial charge in [-0.3, -0.25) is 4.79 Å². The molecule has 0 atom stereocenters. The van der Waals surface area contributed by atoms with E-state index in [1.807, 2.05) is 24.1 Å². The quantitative estimate of drug-likeness (QED) is 0.732. The van der Waals surface area contributed by atoms with Crippen molar-refractivity contribution in [2.24, 2.45) is 0 Å². The van der Waals surface area contributed by atoms with Crippen LogP contribution in [0.3, 0.4) is 0 Å². The number of carbonyl (C=O) groups is 1. The third kappa shape index (κ3) is 3.99. The zero-order chi connectivity index (χ0) is 15.4. The number of benzene rings is 2. The lowest BCUT2D eigenvalue weighted by Crippen LogP contribution is -2.25. The van der Waals surface area contributed by atoms with E-state index in [4.69, 9.17) is 23.2 Å². The largest absolute Gasteiger partial charge is 0.367 e. The van der Waals surface area contributed by atoms with Gasteiger partial charge in [0.2, 0.25) is 0 Å². The number of rotatable bonds is 5. The van der Waals surface area contributed by atoms with Crippen molar-refractivity contribution in [3.05, 3.63) is 63.6 Å². The van der Waals surface area contributed by atoms with Crippen LogP contribution in [0.5, 0.6) is 0 Å². The molecule has 21 heavy (non-hydrogen) atoms. The molecule has 0 aliphatic heterocycles. The minimum Gasteiger partial charge on any atom is -0.367 e. The minimum absolute atomic E-state index is 0.0289. The van der Waals surface area contributed by atoms with Crippen LogP contribution in [-0.4, -0.2) is 19.4 Å². The number of anilines is 1. The van der Waals surface area contributed by atoms with Gasteiger partial charge in [0, 0.05) is 23.3 Å². The highest BCUT2D eigenvalue weighted by molar-refractivity contribution is 6.36. The second kappa shape index (κ2) is 6.97. The summed E-state index contributed by atoms with van der Waals surface area (Å²) in [6.07, 6.45) is 1.00. The van der Waals surface area contributed by atoms with E-state index < -0.39 is 0 Å². The lowest BCUT2D eigenvalue weighted by Gasteiger charge is -2.19. The van der Waals surface area contributed by atoms with Gasteiger partial charge in [0.1, 0.15) is 0 Å². The Morgan fingerprint density at radius 3 is 2.33 bits per heavy atom. The topological polar surface area (TPSA) is 20.3 Å². The van der Waals surface area contributed by atoms with Crippen molar-refractivity contribution in [3.8, 4) is 0 Å². The summed E-state index contributed by atoms with van der Waals surface area (Å²) < 4.78 is 0. The molecule has 2 aromatic carbocycles. The van der Waals surface area contributed by atoms with E-state index in [-0.39, 0.29) is 12.3 Å². The number of carbonyl (C=O) groups excluding carboxylic acids is 1. The van der Waals surface area contributed by atoms with Crippen molar-refractivity contribution < 1.29 is 4.79 Å². The number of Topliss-reactive ketones (excluding diaryl/α,β-unsaturated/α-hetero) is 1. The van der Waals surface area contributed by atoms with Crippen molar-refractivity contribution in [2.75, 3.05) is 18.5 Å². The van der Waals surface area contributed by atoms with E-state index in [0.717, 1.165) is 12.1 Å². The van der Waals surface area contributed by atoms with Gasteiger partial charge in [0.15, 0.2) is 5.78 Å². The maximum Gasteiger partial charge on any atom is 0.183 e. The van der Waals surface area contributed by atoms with E-state index >= 15 is 0 Å². The summed E-state index contributed by atoms with van der Waals surface area (Å²) in [5.41, 5.74) is 2.78. The van der Waals surface area contributed by atoms with E-state index in [2.05, 4.69) is 19.1 Å². The van der Waals surface area contributed by atoms with E-state index in [0.29, 0.717) is 15.6 Å². The Morgan fingerprint density at radius 2 is 1.76 bits per heavy atom. The van der Waals surface area contributed by atoms with Gasteiger partial charge < -0.3 is 4.90 Å². The molecule has 0 radical (unpaired) electrons. The number of hydrogen-bond donors (Lipinski definition) is 0. The van der Waals surface area contributed by atoms with E-state index in [1.54, 1.807) is 18.2 Å². The van der Waals surface area contributed by atoms with Crippen LogP contribution in [0.15, 0.2) is 42.5 Å². The maximum atomic E-state index is 12.3. The van der Waals surface area contributed by atoms with Crippen LogP contribution in [0.1, 0.15) is 22.8 Å². The Labute approximate surface area is 135 Å². The molecule has 0 spiro atoms. The van der Waals surface area contributed by atoms with Crippen molar-refractivity contribution in [3.63, 3.8) is 0 Å². The van der Waals surface area contributed by atoms with Crippen molar-refractivity contribution in [1.29, 1.82) is 0 Å². The molecule has 0 saturated carbocycles. The fourth-order valence-corrected chi connectivity index (χ4v) is 2.61. The van der Waals surface area contributed by atoms with Crippen molar-refractivity contribution in [2.45, 2.75) is 13.3 Å². The number of ketones is 1. The molecule has 0 aliphatic rings. The van der Waals surface area contributed by atoms with Crippen LogP contribution in [0.4, 0.5) is 5.69 Å². The first-order valence-electron chi connectivity index (χ1n) is 6.79. The van der Waals surface area contributed by atoms with Gasteiger partial charge in [0.25, 0.3) is 0 Å². The highest BCUT2D eigenvalue weighted by Crippen LogP contribution is 2.22. The van der Waals surface area contributed by atoms with Crippen LogP contribution < -0.4 is 4.90 Å². The SMILES string of the molecule is CCc1ccc(N(C)CC(=O)c2ccc(Cl)cc2Cl)cc1. The summed E-state index contributed by atoms with van der Waals surface area (Å²) in [6.45, 7) is 2.39. The third-order valence-corrected chi connectivity index (χ3v) is 3.95. The van der Waals surface area contributed by atoms with Gasteiger partial charge in [0.05, 0.1) is 11.6 Å². The smallest absolute Gasteiger partial charge is 0.183 e. The molecule has 0 N–H and O–H groups in total. The summed E-state index contributed by atoms with van der Waals surface area (Å²) in [5.74, 6) is -0.0289. The van der Waals surface area contributed by atoms with Gasteiger partial charge in [-0.1, -0.05) is 42.3 Å². The van der Waals surface area contributed by atoms with Crippen molar-refractivity contribution >= 4 is 34.7 Å². The van der Waals surface area contributed by atoms with Crippen LogP contribution in [0.2, 0.25) is 10.0 Å². The average molecular weight is 322 g/mol. The predicted molar refractivity (Wildman–Crippen MR) is 89.9 cm³/mol. The maximum absolute atomic E-state index is 12.3. The second-order valence-electron chi connectivity index (χ2n) is 4.92. The number of nitrogens with zero attached hydrogens (tertiary/aromatic N) is 1. The molecule has 2 rings (SSSR count). The number of aryl methyl sites for hydroxylation is 1. The highest BCUT2D eigenvalue weighted by Gasteiger charge is 2.13. The molecule has 110 valence electrons. The Hall–Kier alpha value is -1.51. The molecule has 0 saturated heterocycles. The average Bonchev–Trinajstić information content (AvgIpc) is 2.47. The first-order chi connectivity index (χ1) is 10.0. The van der Waals surface area contributed by atoms with Gasteiger partial charge in [-0.05, 0) is 42.3 Å². The van der Waals surface area contributed by atoms with Gasteiger partial charge in [-0.15, -0.1) is 0 Å². The first kappa shape index (κ1) is 15.9. The summed E-state index contributed by atoms with van der Waals surface area (Å²) in [7, 11) is 1.89. The minimum atomic E-state index is -0.0289. The van der Waals surface area contributed by atoms with Crippen LogP contribution >= 0.6 is 23.2 Å². The van der Waals surface area contributed by atoms with Crippen LogP contribution in [-0.2, 0) is 6.42 Å². The molecule has 0 unspecified atom stereocenters. The Kier molecular flexibility index (Phi) is 5.27. The molecule has 0 fully saturated rings. The Balaban J connectivity index is 2.10. The summed E-state index contributed by atoms with van der Waals surface area (Å²) in [5, 5.41) is 0.919. The fourth-order valence-electron chi connectivity index (χ4n) is 2.09. The molecule has 0 bridgehead atoms. The standard InChI is InChI=1S/C17H17Cl2NO/c1-3-12-4-7-14(8-5-12)20(2)11-17(21)15-9-6-13(18)10-16(15)19/h4-10H,3,11H2,1-2H3. The molecular formula is C17H17Cl2NO. The monoisotopic (exact) mass is 321 g/mol. The van der Waals surface area contributed by atoms with E-state index in [9.17, 15) is 4.79 Å². The molecule has 0 aliphatic carbocycles. The summed E-state index contributed by atoms with van der Waals surface area (Å²) in [4.78, 5) is 14.2. The summed E-state index contributed by atoms with van der Waals surface area (Å²) >= 11 is 11.9. The van der Waals surface area contributed by atoms with E-state index in [1.165, 1.54) is 5.56 Å².